The van der Waals surface area contributed by atoms with E-state index in [1.807, 2.05) is 35.2 Å². The zero-order chi connectivity index (χ0) is 19.5. The Bertz CT molecular complexity index is 972. The standard InChI is InChI=1S/C20H20FN5OS/c21-16-11-5-4-10-15(16)18-23-24-20(26(18)22)28-17(14-8-2-1-3-9-14)19(27)25-12-6-7-13-25/h1-5,8-11,17H,6-7,12-13,22H2/t17-/m1/s1. The molecule has 3 aromatic rings. The molecule has 144 valence electrons. The van der Waals surface area contributed by atoms with Crippen molar-refractivity contribution < 1.29 is 9.18 Å². The first-order valence-corrected chi connectivity index (χ1v) is 9.99. The molecular weight excluding hydrogens is 377 g/mol. The van der Waals surface area contributed by atoms with Gasteiger partial charge in [-0.15, -0.1) is 10.2 Å². The van der Waals surface area contributed by atoms with Gasteiger partial charge in [-0.25, -0.2) is 9.07 Å². The van der Waals surface area contributed by atoms with E-state index >= 15 is 0 Å². The summed E-state index contributed by atoms with van der Waals surface area (Å²) in [7, 11) is 0. The second kappa shape index (κ2) is 8.02. The number of thioether (sulfide) groups is 1. The first kappa shape index (κ1) is 18.5. The predicted octanol–water partition coefficient (Wildman–Crippen LogP) is 3.25. The number of benzene rings is 2. The number of halogens is 1. The van der Waals surface area contributed by atoms with Gasteiger partial charge in [0.15, 0.2) is 5.82 Å². The van der Waals surface area contributed by atoms with Crippen LogP contribution in [0, 0.1) is 5.82 Å². The Morgan fingerprint density at radius 2 is 1.71 bits per heavy atom. The average molecular weight is 397 g/mol. The second-order valence-corrected chi connectivity index (χ2v) is 7.67. The van der Waals surface area contributed by atoms with Crippen molar-refractivity contribution in [2.75, 3.05) is 18.9 Å². The molecule has 1 aliphatic heterocycles. The van der Waals surface area contributed by atoms with E-state index in [1.165, 1.54) is 22.5 Å². The van der Waals surface area contributed by atoms with Crippen LogP contribution in [0.15, 0.2) is 59.8 Å². The van der Waals surface area contributed by atoms with Crippen LogP contribution in [0.1, 0.15) is 23.7 Å². The minimum absolute atomic E-state index is 0.0316. The van der Waals surface area contributed by atoms with Crippen LogP contribution in [0.2, 0.25) is 0 Å². The van der Waals surface area contributed by atoms with Crippen molar-refractivity contribution in [2.24, 2.45) is 0 Å². The fourth-order valence-corrected chi connectivity index (χ4v) is 4.32. The molecule has 2 heterocycles. The molecule has 0 aliphatic carbocycles. The number of rotatable bonds is 5. The van der Waals surface area contributed by atoms with Crippen molar-refractivity contribution in [3.05, 3.63) is 66.0 Å². The molecule has 8 heteroatoms. The van der Waals surface area contributed by atoms with E-state index in [4.69, 9.17) is 5.84 Å². The van der Waals surface area contributed by atoms with Gasteiger partial charge in [-0.3, -0.25) is 4.79 Å². The first-order chi connectivity index (χ1) is 13.6. The van der Waals surface area contributed by atoms with Gasteiger partial charge in [0, 0.05) is 13.1 Å². The maximum absolute atomic E-state index is 14.1. The van der Waals surface area contributed by atoms with Crippen LogP contribution < -0.4 is 5.84 Å². The Labute approximate surface area is 166 Å². The van der Waals surface area contributed by atoms with Gasteiger partial charge in [-0.1, -0.05) is 54.2 Å². The molecule has 2 N–H and O–H groups in total. The lowest BCUT2D eigenvalue weighted by Crippen LogP contribution is -2.31. The highest BCUT2D eigenvalue weighted by atomic mass is 32.2. The summed E-state index contributed by atoms with van der Waals surface area (Å²) in [6.07, 6.45) is 2.03. The lowest BCUT2D eigenvalue weighted by atomic mass is 10.1. The lowest BCUT2D eigenvalue weighted by Gasteiger charge is -2.22. The fraction of sp³-hybridized carbons (Fsp3) is 0.250. The maximum atomic E-state index is 14.1. The third-order valence-corrected chi connectivity index (χ3v) is 5.95. The number of carbonyl (C=O) groups is 1. The summed E-state index contributed by atoms with van der Waals surface area (Å²) in [6.45, 7) is 1.52. The second-order valence-electron chi connectivity index (χ2n) is 6.60. The molecule has 28 heavy (non-hydrogen) atoms. The topological polar surface area (TPSA) is 77.0 Å². The van der Waals surface area contributed by atoms with Gasteiger partial charge in [0.05, 0.1) is 5.56 Å². The molecule has 6 nitrogen and oxygen atoms in total. The summed E-state index contributed by atoms with van der Waals surface area (Å²) >= 11 is 1.24. The number of hydrogen-bond acceptors (Lipinski definition) is 5. The Morgan fingerprint density at radius 1 is 1.04 bits per heavy atom. The van der Waals surface area contributed by atoms with Crippen LogP contribution in [0.3, 0.4) is 0 Å². The number of hydrogen-bond donors (Lipinski definition) is 1. The minimum Gasteiger partial charge on any atom is -0.341 e. The highest BCUT2D eigenvalue weighted by molar-refractivity contribution is 8.00. The van der Waals surface area contributed by atoms with Crippen LogP contribution in [-0.4, -0.2) is 38.8 Å². The Kier molecular flexibility index (Phi) is 5.29. The highest BCUT2D eigenvalue weighted by Crippen LogP contribution is 2.37. The summed E-state index contributed by atoms with van der Waals surface area (Å²) in [6, 6.07) is 15.8. The highest BCUT2D eigenvalue weighted by Gasteiger charge is 2.30. The monoisotopic (exact) mass is 397 g/mol. The molecule has 1 aromatic heterocycles. The predicted molar refractivity (Wildman–Crippen MR) is 106 cm³/mol. The molecule has 1 saturated heterocycles. The molecule has 0 spiro atoms. The third-order valence-electron chi connectivity index (χ3n) is 4.75. The van der Waals surface area contributed by atoms with Crippen molar-refractivity contribution in [3.63, 3.8) is 0 Å². The van der Waals surface area contributed by atoms with Gasteiger partial charge in [0.25, 0.3) is 0 Å². The van der Waals surface area contributed by atoms with Crippen molar-refractivity contribution >= 4 is 17.7 Å². The molecule has 1 amide bonds. The van der Waals surface area contributed by atoms with Crippen molar-refractivity contribution in [3.8, 4) is 11.4 Å². The Balaban J connectivity index is 1.66. The first-order valence-electron chi connectivity index (χ1n) is 9.11. The number of aromatic nitrogens is 3. The number of likely N-dealkylation sites (tertiary alicyclic amines) is 1. The number of carbonyl (C=O) groups excluding carboxylic acids is 1. The van der Waals surface area contributed by atoms with Gasteiger partial charge < -0.3 is 10.7 Å². The van der Waals surface area contributed by atoms with Crippen LogP contribution in [0.25, 0.3) is 11.4 Å². The van der Waals surface area contributed by atoms with E-state index in [1.54, 1.807) is 18.2 Å². The van der Waals surface area contributed by atoms with Gasteiger partial charge in [-0.05, 0) is 30.5 Å². The van der Waals surface area contributed by atoms with Crippen molar-refractivity contribution in [1.29, 1.82) is 0 Å². The molecule has 0 bridgehead atoms. The number of nitrogens with zero attached hydrogens (tertiary/aromatic N) is 4. The number of nitrogen functional groups attached to an aromatic ring is 1. The van der Waals surface area contributed by atoms with E-state index in [-0.39, 0.29) is 17.3 Å². The summed E-state index contributed by atoms with van der Waals surface area (Å²) in [4.78, 5) is 15.0. The molecule has 0 saturated carbocycles. The Hall–Kier alpha value is -2.87. The Morgan fingerprint density at radius 3 is 2.43 bits per heavy atom. The van der Waals surface area contributed by atoms with Gasteiger partial charge >= 0.3 is 0 Å². The van der Waals surface area contributed by atoms with E-state index in [0.717, 1.165) is 31.5 Å². The smallest absolute Gasteiger partial charge is 0.240 e. The lowest BCUT2D eigenvalue weighted by molar-refractivity contribution is -0.129. The van der Waals surface area contributed by atoms with E-state index < -0.39 is 11.1 Å². The van der Waals surface area contributed by atoms with Crippen LogP contribution in [0.4, 0.5) is 4.39 Å². The zero-order valence-corrected chi connectivity index (χ0v) is 16.0. The van der Waals surface area contributed by atoms with E-state index in [2.05, 4.69) is 10.2 Å². The quantitative estimate of drug-likeness (QED) is 0.528. The van der Waals surface area contributed by atoms with Gasteiger partial charge in [0.2, 0.25) is 11.1 Å². The van der Waals surface area contributed by atoms with E-state index in [9.17, 15) is 9.18 Å². The normalized spacial score (nSPS) is 15.0. The van der Waals surface area contributed by atoms with Crippen LogP contribution in [0.5, 0.6) is 0 Å². The molecule has 1 fully saturated rings. The molecule has 0 unspecified atom stereocenters. The van der Waals surface area contributed by atoms with Gasteiger partial charge in [-0.2, -0.15) is 0 Å². The SMILES string of the molecule is Nn1c(S[C@@H](C(=O)N2CCCC2)c2ccccc2)nnc1-c1ccccc1F. The van der Waals surface area contributed by atoms with Crippen molar-refractivity contribution in [2.45, 2.75) is 23.2 Å². The van der Waals surface area contributed by atoms with Crippen LogP contribution in [-0.2, 0) is 4.79 Å². The van der Waals surface area contributed by atoms with Crippen LogP contribution >= 0.6 is 11.8 Å². The fourth-order valence-electron chi connectivity index (χ4n) is 3.28. The number of nitrogens with two attached hydrogens (primary N) is 1. The average Bonchev–Trinajstić information content (AvgIpc) is 3.37. The number of amides is 1. The molecular formula is C20H20FN5OS. The summed E-state index contributed by atoms with van der Waals surface area (Å²) in [5.74, 6) is 5.99. The van der Waals surface area contributed by atoms with Crippen molar-refractivity contribution in [1.82, 2.24) is 19.8 Å². The zero-order valence-electron chi connectivity index (χ0n) is 15.2. The molecule has 1 atom stereocenters. The minimum atomic E-state index is -0.487. The molecule has 1 aliphatic rings. The summed E-state index contributed by atoms with van der Waals surface area (Å²) < 4.78 is 15.4. The molecule has 2 aromatic carbocycles. The maximum Gasteiger partial charge on any atom is 0.240 e. The van der Waals surface area contributed by atoms with E-state index in [0.29, 0.717) is 5.16 Å². The molecule has 0 radical (unpaired) electrons. The summed E-state index contributed by atoms with van der Waals surface area (Å²) in [5, 5.41) is 8.05. The largest absolute Gasteiger partial charge is 0.341 e. The molecule has 4 rings (SSSR count). The third kappa shape index (κ3) is 3.60. The summed E-state index contributed by atoms with van der Waals surface area (Å²) in [5.41, 5.74) is 1.14. The van der Waals surface area contributed by atoms with Gasteiger partial charge in [0.1, 0.15) is 11.1 Å².